The number of nitrogens with zero attached hydrogens (tertiary/aromatic N) is 2. The second-order valence-electron chi connectivity index (χ2n) is 8.24. The summed E-state index contributed by atoms with van der Waals surface area (Å²) in [5.41, 5.74) is 8.22. The highest BCUT2D eigenvalue weighted by Gasteiger charge is 2.14. The molecule has 0 aliphatic heterocycles. The number of nitrogens with one attached hydrogen (secondary N) is 2. The van der Waals surface area contributed by atoms with Crippen molar-refractivity contribution in [2.24, 2.45) is 9.98 Å². The van der Waals surface area contributed by atoms with Crippen LogP contribution < -0.4 is 10.9 Å². The summed E-state index contributed by atoms with van der Waals surface area (Å²) in [4.78, 5) is 9.66. The van der Waals surface area contributed by atoms with Gasteiger partial charge in [-0.15, -0.1) is 0 Å². The zero-order valence-electron chi connectivity index (χ0n) is 16.7. The average molecular weight is 351 g/mol. The Bertz CT molecular complexity index is 681. The van der Waals surface area contributed by atoms with Crippen LogP contribution in [0.1, 0.15) is 52.7 Å². The van der Waals surface area contributed by atoms with E-state index in [-0.39, 0.29) is 11.1 Å². The first-order valence-corrected chi connectivity index (χ1v) is 8.97. The van der Waals surface area contributed by atoms with Crippen LogP contribution >= 0.6 is 0 Å². The number of amidine groups is 2. The first kappa shape index (κ1) is 19.7. The summed E-state index contributed by atoms with van der Waals surface area (Å²) in [6.45, 7) is 12.5. The quantitative estimate of drug-likeness (QED) is 0.473. The number of hydrazine groups is 1. The minimum atomic E-state index is -0.200. The Morgan fingerprint density at radius 1 is 0.577 bits per heavy atom. The molecule has 138 valence electrons. The summed E-state index contributed by atoms with van der Waals surface area (Å²) in [5, 5.41) is 0. The Morgan fingerprint density at radius 3 is 1.15 bits per heavy atom. The lowest BCUT2D eigenvalue weighted by Crippen LogP contribution is -2.44. The average Bonchev–Trinajstić information content (AvgIpc) is 2.57. The van der Waals surface area contributed by atoms with E-state index in [0.29, 0.717) is 0 Å². The molecule has 0 aromatic heterocycles. The number of hydrogen-bond acceptors (Lipinski definition) is 2. The molecule has 2 aromatic carbocycles. The van der Waals surface area contributed by atoms with Gasteiger partial charge in [0.1, 0.15) is 11.7 Å². The van der Waals surface area contributed by atoms with Crippen molar-refractivity contribution in [3.05, 3.63) is 71.8 Å². The number of benzene rings is 2. The van der Waals surface area contributed by atoms with Gasteiger partial charge in [0.25, 0.3) is 0 Å². The summed E-state index contributed by atoms with van der Waals surface area (Å²) >= 11 is 0. The zero-order chi connectivity index (χ0) is 19.2. The van der Waals surface area contributed by atoms with Gasteiger partial charge < -0.3 is 0 Å². The molecule has 2 aromatic rings. The van der Waals surface area contributed by atoms with Crippen molar-refractivity contribution in [1.29, 1.82) is 0 Å². The molecule has 4 nitrogen and oxygen atoms in total. The van der Waals surface area contributed by atoms with Crippen LogP contribution in [0.25, 0.3) is 0 Å². The Balaban J connectivity index is 2.32. The second-order valence-corrected chi connectivity index (χ2v) is 8.24. The van der Waals surface area contributed by atoms with Gasteiger partial charge >= 0.3 is 0 Å². The van der Waals surface area contributed by atoms with Crippen LogP contribution in [-0.2, 0) is 0 Å². The third kappa shape index (κ3) is 6.71. The molecule has 26 heavy (non-hydrogen) atoms. The van der Waals surface area contributed by atoms with E-state index in [2.05, 4.69) is 52.4 Å². The molecule has 2 rings (SSSR count). The predicted molar refractivity (Wildman–Crippen MR) is 112 cm³/mol. The van der Waals surface area contributed by atoms with E-state index in [1.54, 1.807) is 0 Å². The van der Waals surface area contributed by atoms with Crippen molar-refractivity contribution >= 4 is 11.7 Å². The van der Waals surface area contributed by atoms with Gasteiger partial charge in [-0.05, 0) is 41.5 Å². The van der Waals surface area contributed by atoms with Gasteiger partial charge in [0.2, 0.25) is 0 Å². The Labute approximate surface area is 157 Å². The third-order valence-corrected chi connectivity index (χ3v) is 3.29. The van der Waals surface area contributed by atoms with E-state index in [1.165, 1.54) is 0 Å². The fourth-order valence-electron chi connectivity index (χ4n) is 2.31. The van der Waals surface area contributed by atoms with Crippen LogP contribution in [0.3, 0.4) is 0 Å². The molecular formula is C22H30N4. The minimum Gasteiger partial charge on any atom is -0.283 e. The van der Waals surface area contributed by atoms with E-state index in [0.717, 1.165) is 22.8 Å². The van der Waals surface area contributed by atoms with Gasteiger partial charge in [-0.3, -0.25) is 20.8 Å². The van der Waals surface area contributed by atoms with Crippen molar-refractivity contribution in [2.45, 2.75) is 52.6 Å². The molecule has 2 N–H and O–H groups in total. The SMILES string of the molecule is CC(C)(C)N=C(NNC(=NC(C)(C)C)c1ccccc1)c1ccccc1. The van der Waals surface area contributed by atoms with E-state index in [4.69, 9.17) is 9.98 Å². The smallest absolute Gasteiger partial charge is 0.147 e. The fourth-order valence-corrected chi connectivity index (χ4v) is 2.31. The summed E-state index contributed by atoms with van der Waals surface area (Å²) < 4.78 is 0. The molecule has 0 aliphatic carbocycles. The van der Waals surface area contributed by atoms with Crippen LogP contribution in [0.4, 0.5) is 0 Å². The molecule has 0 unspecified atom stereocenters. The van der Waals surface area contributed by atoms with E-state index in [9.17, 15) is 0 Å². The highest BCUT2D eigenvalue weighted by Crippen LogP contribution is 2.11. The summed E-state index contributed by atoms with van der Waals surface area (Å²) in [6, 6.07) is 20.2. The number of aliphatic imine (C=N–C) groups is 2. The van der Waals surface area contributed by atoms with Crippen molar-refractivity contribution in [3.63, 3.8) is 0 Å². The molecule has 0 aliphatic rings. The zero-order valence-corrected chi connectivity index (χ0v) is 16.7. The largest absolute Gasteiger partial charge is 0.283 e. The second kappa shape index (κ2) is 8.17. The number of rotatable bonds is 2. The van der Waals surface area contributed by atoms with Gasteiger partial charge in [-0.25, -0.2) is 0 Å². The maximum absolute atomic E-state index is 4.83. The lowest BCUT2D eigenvalue weighted by molar-refractivity contribution is 0.572. The van der Waals surface area contributed by atoms with Crippen LogP contribution in [0, 0.1) is 0 Å². The molecule has 0 heterocycles. The third-order valence-electron chi connectivity index (χ3n) is 3.29. The van der Waals surface area contributed by atoms with Gasteiger partial charge in [0, 0.05) is 11.1 Å². The molecule has 0 fully saturated rings. The number of hydrogen-bond donors (Lipinski definition) is 2. The summed E-state index contributed by atoms with van der Waals surface area (Å²) in [7, 11) is 0. The van der Waals surface area contributed by atoms with Crippen molar-refractivity contribution < 1.29 is 0 Å². The van der Waals surface area contributed by atoms with Crippen molar-refractivity contribution in [1.82, 2.24) is 10.9 Å². The van der Waals surface area contributed by atoms with Gasteiger partial charge in [0.15, 0.2) is 0 Å². The minimum absolute atomic E-state index is 0.200. The van der Waals surface area contributed by atoms with Crippen LogP contribution in [-0.4, -0.2) is 22.7 Å². The first-order valence-electron chi connectivity index (χ1n) is 8.97. The van der Waals surface area contributed by atoms with Crippen LogP contribution in [0.15, 0.2) is 70.6 Å². The highest BCUT2D eigenvalue weighted by molar-refractivity contribution is 6.03. The Kier molecular flexibility index (Phi) is 6.19. The maximum atomic E-state index is 4.83. The molecule has 0 radical (unpaired) electrons. The topological polar surface area (TPSA) is 48.8 Å². The lowest BCUT2D eigenvalue weighted by Gasteiger charge is -2.21. The first-order chi connectivity index (χ1) is 12.1. The van der Waals surface area contributed by atoms with E-state index in [1.807, 2.05) is 60.7 Å². The molecule has 0 bridgehead atoms. The molecule has 0 atom stereocenters. The standard InChI is InChI=1S/C22H30N4/c1-21(2,3)23-19(17-13-9-7-10-14-17)25-26-20(24-22(4,5)6)18-15-11-8-12-16-18/h7-16H,1-6H3,(H,23,25)(H,24,26). The van der Waals surface area contributed by atoms with Gasteiger partial charge in [-0.1, -0.05) is 60.7 Å². The normalized spacial score (nSPS) is 13.5. The van der Waals surface area contributed by atoms with Crippen LogP contribution in [0.5, 0.6) is 0 Å². The molecule has 0 saturated carbocycles. The highest BCUT2D eigenvalue weighted by atomic mass is 15.4. The van der Waals surface area contributed by atoms with E-state index >= 15 is 0 Å². The van der Waals surface area contributed by atoms with E-state index < -0.39 is 0 Å². The summed E-state index contributed by atoms with van der Waals surface area (Å²) in [6.07, 6.45) is 0. The molecule has 0 spiro atoms. The predicted octanol–water partition coefficient (Wildman–Crippen LogP) is 4.57. The van der Waals surface area contributed by atoms with Gasteiger partial charge in [0.05, 0.1) is 11.1 Å². The van der Waals surface area contributed by atoms with Crippen molar-refractivity contribution in [2.75, 3.05) is 0 Å². The molecule has 4 heteroatoms. The molecule has 0 amide bonds. The lowest BCUT2D eigenvalue weighted by atomic mass is 10.1. The van der Waals surface area contributed by atoms with Gasteiger partial charge in [-0.2, -0.15) is 0 Å². The monoisotopic (exact) mass is 350 g/mol. The Morgan fingerprint density at radius 2 is 0.885 bits per heavy atom. The fraction of sp³-hybridized carbons (Fsp3) is 0.364. The maximum Gasteiger partial charge on any atom is 0.147 e. The Hall–Kier alpha value is -2.62. The molecule has 0 saturated heterocycles. The molecular weight excluding hydrogens is 320 g/mol. The van der Waals surface area contributed by atoms with Crippen molar-refractivity contribution in [3.8, 4) is 0 Å². The summed E-state index contributed by atoms with van der Waals surface area (Å²) in [5.74, 6) is 1.58. The van der Waals surface area contributed by atoms with Crippen LogP contribution in [0.2, 0.25) is 0 Å².